The summed E-state index contributed by atoms with van der Waals surface area (Å²) in [7, 11) is 0. The zero-order valence-electron chi connectivity index (χ0n) is 21.2. The molecule has 1 aliphatic heterocycles. The molecular weight excluding hydrogens is 571 g/mol. The van der Waals surface area contributed by atoms with E-state index in [1.807, 2.05) is 52.0 Å². The van der Waals surface area contributed by atoms with Crippen molar-refractivity contribution in [3.63, 3.8) is 0 Å². The second-order valence-electron chi connectivity index (χ2n) is 9.75. The number of ether oxygens (including phenoxy) is 3. The van der Waals surface area contributed by atoms with E-state index in [0.717, 1.165) is 44.3 Å². The van der Waals surface area contributed by atoms with Gasteiger partial charge in [-0.15, -0.1) is 0 Å². The quantitative estimate of drug-likeness (QED) is 0.216. The Kier molecular flexibility index (Phi) is 8.24. The number of esters is 2. The molecule has 0 spiro atoms. The van der Waals surface area contributed by atoms with Gasteiger partial charge in [0, 0.05) is 46.1 Å². The number of nitrogens with zero attached hydrogens (tertiary/aromatic N) is 1. The highest BCUT2D eigenvalue weighted by Crippen LogP contribution is 2.37. The zero-order valence-corrected chi connectivity index (χ0v) is 23.4. The van der Waals surface area contributed by atoms with E-state index in [0.29, 0.717) is 31.9 Å². The molecule has 0 aliphatic carbocycles. The van der Waals surface area contributed by atoms with E-state index in [2.05, 4.69) is 38.5 Å². The van der Waals surface area contributed by atoms with Crippen LogP contribution in [0.4, 0.5) is 0 Å². The van der Waals surface area contributed by atoms with E-state index < -0.39 is 11.6 Å². The van der Waals surface area contributed by atoms with Crippen molar-refractivity contribution in [2.45, 2.75) is 52.3 Å². The molecule has 192 valence electrons. The van der Waals surface area contributed by atoms with Crippen LogP contribution >= 0.6 is 22.6 Å². The van der Waals surface area contributed by atoms with E-state index in [-0.39, 0.29) is 11.9 Å². The lowest BCUT2D eigenvalue weighted by atomic mass is 9.97. The van der Waals surface area contributed by atoms with Crippen LogP contribution in [-0.2, 0) is 27.2 Å². The first-order chi connectivity index (χ1) is 17.2. The predicted octanol–water partition coefficient (Wildman–Crippen LogP) is 5.21. The van der Waals surface area contributed by atoms with Gasteiger partial charge >= 0.3 is 11.9 Å². The van der Waals surface area contributed by atoms with Gasteiger partial charge in [-0.1, -0.05) is 34.7 Å². The number of nitrogens with one attached hydrogen (secondary N) is 1. The molecule has 2 aromatic carbocycles. The maximum atomic E-state index is 12.9. The van der Waals surface area contributed by atoms with Crippen LogP contribution in [0.15, 0.2) is 42.5 Å². The van der Waals surface area contributed by atoms with E-state index in [9.17, 15) is 9.59 Å². The van der Waals surface area contributed by atoms with Crippen molar-refractivity contribution in [2.24, 2.45) is 0 Å². The molecule has 4 rings (SSSR count). The van der Waals surface area contributed by atoms with Crippen molar-refractivity contribution in [3.8, 4) is 5.75 Å². The average Bonchev–Trinajstić information content (AvgIpc) is 3.15. The van der Waals surface area contributed by atoms with E-state index >= 15 is 0 Å². The Hall–Kier alpha value is -2.59. The predicted molar refractivity (Wildman–Crippen MR) is 148 cm³/mol. The lowest BCUT2D eigenvalue weighted by Gasteiger charge is -2.24. The Morgan fingerprint density at radius 3 is 2.56 bits per heavy atom. The molecule has 36 heavy (non-hydrogen) atoms. The maximum Gasteiger partial charge on any atom is 0.338 e. The first kappa shape index (κ1) is 26.5. The summed E-state index contributed by atoms with van der Waals surface area (Å²) in [6.45, 7) is 9.65. The molecule has 0 fully saturated rings. The highest BCUT2D eigenvalue weighted by Gasteiger charge is 2.33. The molecule has 1 unspecified atom stereocenters. The Balaban J connectivity index is 1.72. The SMILES string of the molecule is CCOC(=O)C1NCCc2c1c1cc(OCCI)ccc1n2Cc1ccc(C(=O)OC(C)(C)C)cc1. The van der Waals surface area contributed by atoms with Crippen LogP contribution < -0.4 is 10.1 Å². The monoisotopic (exact) mass is 604 g/mol. The van der Waals surface area contributed by atoms with Gasteiger partial charge in [0.1, 0.15) is 17.4 Å². The van der Waals surface area contributed by atoms with Crippen molar-refractivity contribution in [3.05, 3.63) is 64.8 Å². The Labute approximate surface area is 225 Å². The minimum atomic E-state index is -0.540. The van der Waals surface area contributed by atoms with Gasteiger partial charge < -0.3 is 24.1 Å². The van der Waals surface area contributed by atoms with E-state index in [4.69, 9.17) is 14.2 Å². The Bertz CT molecular complexity index is 1240. The molecular formula is C28H33IN2O5. The summed E-state index contributed by atoms with van der Waals surface area (Å²) in [6.07, 6.45) is 0.792. The summed E-state index contributed by atoms with van der Waals surface area (Å²) in [6, 6.07) is 13.1. The number of carbonyl (C=O) groups is 2. The largest absolute Gasteiger partial charge is 0.493 e. The van der Waals surface area contributed by atoms with E-state index in [1.54, 1.807) is 12.1 Å². The Morgan fingerprint density at radius 1 is 1.14 bits per heavy atom. The van der Waals surface area contributed by atoms with Gasteiger partial charge in [-0.3, -0.25) is 0 Å². The zero-order chi connectivity index (χ0) is 25.9. The molecule has 1 aliphatic rings. The van der Waals surface area contributed by atoms with Gasteiger partial charge in [0.15, 0.2) is 0 Å². The summed E-state index contributed by atoms with van der Waals surface area (Å²) in [5.74, 6) is 0.187. The minimum absolute atomic E-state index is 0.266. The van der Waals surface area contributed by atoms with Crippen molar-refractivity contribution in [2.75, 3.05) is 24.2 Å². The fourth-order valence-electron chi connectivity index (χ4n) is 4.56. The number of aromatic nitrogens is 1. The molecule has 3 aromatic rings. The first-order valence-corrected chi connectivity index (χ1v) is 13.8. The summed E-state index contributed by atoms with van der Waals surface area (Å²) in [5.41, 5.74) is 4.15. The van der Waals surface area contributed by atoms with Crippen LogP contribution in [0.25, 0.3) is 10.9 Å². The van der Waals surface area contributed by atoms with Crippen molar-refractivity contribution >= 4 is 45.4 Å². The number of halogens is 1. The third-order valence-corrected chi connectivity index (χ3v) is 6.42. The summed E-state index contributed by atoms with van der Waals surface area (Å²) in [5, 5.41) is 4.34. The normalized spacial score (nSPS) is 15.4. The fourth-order valence-corrected chi connectivity index (χ4v) is 4.78. The minimum Gasteiger partial charge on any atom is -0.493 e. The smallest absolute Gasteiger partial charge is 0.338 e. The summed E-state index contributed by atoms with van der Waals surface area (Å²) in [4.78, 5) is 25.3. The number of rotatable bonds is 8. The third kappa shape index (κ3) is 5.86. The standard InChI is InChI=1S/C28H33IN2O5/c1-5-34-27(33)25-24-21-16-20(35-15-13-29)10-11-22(21)31(23(24)12-14-30-25)17-18-6-8-19(9-7-18)26(32)36-28(2,3)4/h6-11,16,25,30H,5,12-15,17H2,1-4H3. The van der Waals surface area contributed by atoms with Crippen LogP contribution in [0.2, 0.25) is 0 Å². The fraction of sp³-hybridized carbons (Fsp3) is 0.429. The first-order valence-electron chi connectivity index (χ1n) is 12.3. The third-order valence-electron chi connectivity index (χ3n) is 5.98. The van der Waals surface area contributed by atoms with Gasteiger partial charge in [0.05, 0.1) is 18.8 Å². The molecule has 0 bridgehead atoms. The number of hydrogen-bond donors (Lipinski definition) is 1. The molecule has 1 N–H and O–H groups in total. The van der Waals surface area contributed by atoms with Crippen LogP contribution in [-0.4, -0.2) is 46.3 Å². The number of benzene rings is 2. The molecule has 0 saturated carbocycles. The van der Waals surface area contributed by atoms with Gasteiger partial charge in [-0.05, 0) is 63.6 Å². The second kappa shape index (κ2) is 11.2. The van der Waals surface area contributed by atoms with Crippen LogP contribution in [0.5, 0.6) is 5.75 Å². The molecule has 0 amide bonds. The van der Waals surface area contributed by atoms with Crippen LogP contribution in [0, 0.1) is 0 Å². The topological polar surface area (TPSA) is 78.8 Å². The van der Waals surface area contributed by atoms with Gasteiger partial charge in [-0.2, -0.15) is 0 Å². The van der Waals surface area contributed by atoms with Crippen molar-refractivity contribution in [1.29, 1.82) is 0 Å². The molecule has 0 radical (unpaired) electrons. The summed E-state index contributed by atoms with van der Waals surface area (Å²) < 4.78 is 19.9. The van der Waals surface area contributed by atoms with Crippen LogP contribution in [0.1, 0.15) is 60.9 Å². The lowest BCUT2D eigenvalue weighted by Crippen LogP contribution is -2.36. The molecule has 2 heterocycles. The number of hydrogen-bond acceptors (Lipinski definition) is 6. The Morgan fingerprint density at radius 2 is 1.89 bits per heavy atom. The van der Waals surface area contributed by atoms with Crippen molar-refractivity contribution < 1.29 is 23.8 Å². The molecule has 0 saturated heterocycles. The van der Waals surface area contributed by atoms with E-state index in [1.165, 1.54) is 0 Å². The second-order valence-corrected chi connectivity index (χ2v) is 10.8. The van der Waals surface area contributed by atoms with Gasteiger partial charge in [0.25, 0.3) is 0 Å². The number of alkyl halides is 1. The molecule has 7 nitrogen and oxygen atoms in total. The van der Waals surface area contributed by atoms with Gasteiger partial charge in [-0.25, -0.2) is 9.59 Å². The highest BCUT2D eigenvalue weighted by molar-refractivity contribution is 14.1. The molecule has 1 atom stereocenters. The molecule has 8 heteroatoms. The van der Waals surface area contributed by atoms with Crippen LogP contribution in [0.3, 0.4) is 0 Å². The van der Waals surface area contributed by atoms with Crippen molar-refractivity contribution in [1.82, 2.24) is 9.88 Å². The number of fused-ring (bicyclic) bond motifs is 3. The summed E-state index contributed by atoms with van der Waals surface area (Å²) >= 11 is 2.29. The number of carbonyl (C=O) groups excluding carboxylic acids is 2. The van der Waals surface area contributed by atoms with Gasteiger partial charge in [0.2, 0.25) is 0 Å². The average molecular weight is 604 g/mol. The maximum absolute atomic E-state index is 12.9. The molecule has 1 aromatic heterocycles. The highest BCUT2D eigenvalue weighted by atomic mass is 127. The lowest BCUT2D eigenvalue weighted by molar-refractivity contribution is -0.146.